The molecule has 1 heterocycles. The summed E-state index contributed by atoms with van der Waals surface area (Å²) in [7, 11) is 1.29. The lowest BCUT2D eigenvalue weighted by atomic mass is 10.2. The third-order valence-corrected chi connectivity index (χ3v) is 2.47. The van der Waals surface area contributed by atoms with Crippen molar-refractivity contribution >= 4 is 23.2 Å². The largest absolute Gasteiger partial charge is 0.465 e. The van der Waals surface area contributed by atoms with Crippen LogP contribution in [0, 0.1) is 0 Å². The molecule has 7 heteroatoms. The molecule has 4 N–H and O–H groups in total. The van der Waals surface area contributed by atoms with Crippen LogP contribution >= 0.6 is 0 Å². The molecule has 0 aliphatic carbocycles. The molecule has 1 aromatic carbocycles. The van der Waals surface area contributed by atoms with Crippen LogP contribution in [0.4, 0.5) is 17.2 Å². The third kappa shape index (κ3) is 2.54. The lowest BCUT2D eigenvalue weighted by Crippen LogP contribution is -2.15. The SMILES string of the molecule is COC(=O)c1ccccc1Nc1nc[nH]c(=O)c1N. The Balaban J connectivity index is 2.41. The van der Waals surface area contributed by atoms with Gasteiger partial charge in [0.1, 0.15) is 5.69 Å². The molecule has 7 nitrogen and oxygen atoms in total. The Morgan fingerprint density at radius 3 is 2.89 bits per heavy atom. The van der Waals surface area contributed by atoms with Gasteiger partial charge in [-0.05, 0) is 12.1 Å². The third-order valence-electron chi connectivity index (χ3n) is 2.47. The number of esters is 1. The summed E-state index contributed by atoms with van der Waals surface area (Å²) >= 11 is 0. The zero-order valence-electron chi connectivity index (χ0n) is 10.1. The molecule has 0 radical (unpaired) electrons. The summed E-state index contributed by atoms with van der Waals surface area (Å²) in [5.74, 6) is -0.313. The van der Waals surface area contributed by atoms with E-state index in [9.17, 15) is 9.59 Å². The number of aromatic amines is 1. The smallest absolute Gasteiger partial charge is 0.339 e. The summed E-state index contributed by atoms with van der Waals surface area (Å²) in [5, 5.41) is 2.84. The summed E-state index contributed by atoms with van der Waals surface area (Å²) in [6, 6.07) is 6.69. The molecule has 1 aromatic heterocycles. The van der Waals surface area contributed by atoms with Crippen molar-refractivity contribution in [1.29, 1.82) is 0 Å². The molecular formula is C12H12N4O3. The molecule has 0 spiro atoms. The van der Waals surface area contributed by atoms with Crippen LogP contribution in [-0.2, 0) is 4.74 Å². The number of H-pyrrole nitrogens is 1. The highest BCUT2D eigenvalue weighted by atomic mass is 16.5. The second-order valence-corrected chi connectivity index (χ2v) is 3.66. The van der Waals surface area contributed by atoms with Crippen molar-refractivity contribution < 1.29 is 9.53 Å². The number of nitrogens with zero attached hydrogens (tertiary/aromatic N) is 1. The van der Waals surface area contributed by atoms with E-state index in [4.69, 9.17) is 5.73 Å². The van der Waals surface area contributed by atoms with Gasteiger partial charge >= 0.3 is 5.97 Å². The number of ether oxygens (including phenoxy) is 1. The van der Waals surface area contributed by atoms with Gasteiger partial charge in [-0.25, -0.2) is 9.78 Å². The average molecular weight is 260 g/mol. The van der Waals surface area contributed by atoms with Crippen molar-refractivity contribution in [2.45, 2.75) is 0 Å². The first-order valence-corrected chi connectivity index (χ1v) is 5.41. The molecule has 0 atom stereocenters. The number of benzene rings is 1. The molecule has 98 valence electrons. The maximum absolute atomic E-state index is 11.6. The van der Waals surface area contributed by atoms with E-state index in [-0.39, 0.29) is 11.5 Å². The molecule has 19 heavy (non-hydrogen) atoms. The van der Waals surface area contributed by atoms with E-state index >= 15 is 0 Å². The van der Waals surface area contributed by atoms with E-state index in [2.05, 4.69) is 20.0 Å². The first-order chi connectivity index (χ1) is 9.13. The number of anilines is 3. The van der Waals surface area contributed by atoms with Crippen LogP contribution in [0.1, 0.15) is 10.4 Å². The van der Waals surface area contributed by atoms with Crippen LogP contribution in [0.25, 0.3) is 0 Å². The molecule has 0 saturated carbocycles. The number of carbonyl (C=O) groups is 1. The van der Waals surface area contributed by atoms with Crippen molar-refractivity contribution in [3.05, 3.63) is 46.5 Å². The minimum absolute atomic E-state index is 0.0535. The van der Waals surface area contributed by atoms with Crippen molar-refractivity contribution in [3.63, 3.8) is 0 Å². The van der Waals surface area contributed by atoms with Gasteiger partial charge in [-0.15, -0.1) is 0 Å². The van der Waals surface area contributed by atoms with Gasteiger partial charge in [-0.1, -0.05) is 12.1 Å². The van der Waals surface area contributed by atoms with Gasteiger partial charge in [0.25, 0.3) is 5.56 Å². The quantitative estimate of drug-likeness (QED) is 0.707. The second-order valence-electron chi connectivity index (χ2n) is 3.66. The number of aromatic nitrogens is 2. The van der Waals surface area contributed by atoms with Crippen LogP contribution in [0.5, 0.6) is 0 Å². The number of nitrogens with one attached hydrogen (secondary N) is 2. The Morgan fingerprint density at radius 2 is 2.16 bits per heavy atom. The van der Waals surface area contributed by atoms with Crippen molar-refractivity contribution in [1.82, 2.24) is 9.97 Å². The van der Waals surface area contributed by atoms with Crippen molar-refractivity contribution in [3.8, 4) is 0 Å². The highest BCUT2D eigenvalue weighted by molar-refractivity contribution is 5.96. The van der Waals surface area contributed by atoms with E-state index in [1.54, 1.807) is 24.3 Å². The van der Waals surface area contributed by atoms with Gasteiger partial charge in [0.05, 0.1) is 24.7 Å². The average Bonchev–Trinajstić information content (AvgIpc) is 2.43. The Bertz CT molecular complexity index is 666. The monoisotopic (exact) mass is 260 g/mol. The Morgan fingerprint density at radius 1 is 1.42 bits per heavy atom. The second kappa shape index (κ2) is 5.21. The molecule has 0 saturated heterocycles. The Labute approximate surface area is 108 Å². The molecule has 2 rings (SSSR count). The minimum atomic E-state index is -0.494. The zero-order chi connectivity index (χ0) is 13.8. The highest BCUT2D eigenvalue weighted by Gasteiger charge is 2.13. The summed E-state index contributed by atoms with van der Waals surface area (Å²) in [6.45, 7) is 0. The first-order valence-electron chi connectivity index (χ1n) is 5.41. The molecule has 0 aliphatic heterocycles. The molecule has 2 aromatic rings. The van der Waals surface area contributed by atoms with Crippen molar-refractivity contribution in [2.75, 3.05) is 18.2 Å². The minimum Gasteiger partial charge on any atom is -0.465 e. The van der Waals surface area contributed by atoms with Gasteiger partial charge < -0.3 is 20.8 Å². The van der Waals surface area contributed by atoms with Crippen LogP contribution in [-0.4, -0.2) is 23.0 Å². The highest BCUT2D eigenvalue weighted by Crippen LogP contribution is 2.21. The van der Waals surface area contributed by atoms with Gasteiger partial charge in [0, 0.05) is 0 Å². The standard InChI is InChI=1S/C12H12N4O3/c1-19-12(18)7-4-2-3-5-8(7)16-10-9(13)11(17)15-6-14-10/h2-6H,13H2,1H3,(H2,14,15,16,17). The van der Waals surface area contributed by atoms with Gasteiger partial charge in [-0.3, -0.25) is 4.79 Å². The zero-order valence-corrected chi connectivity index (χ0v) is 10.1. The summed E-state index contributed by atoms with van der Waals surface area (Å²) in [5.41, 5.74) is 5.88. The number of hydrogen-bond donors (Lipinski definition) is 3. The van der Waals surface area contributed by atoms with Crippen molar-refractivity contribution in [2.24, 2.45) is 0 Å². The van der Waals surface area contributed by atoms with Gasteiger partial charge in [-0.2, -0.15) is 0 Å². The molecule has 0 aliphatic rings. The Kier molecular flexibility index (Phi) is 3.46. The summed E-state index contributed by atoms with van der Waals surface area (Å²) in [6.07, 6.45) is 1.22. The molecule has 0 bridgehead atoms. The fourth-order valence-electron chi connectivity index (χ4n) is 1.52. The number of nitrogen functional groups attached to an aromatic ring is 1. The van der Waals surface area contributed by atoms with E-state index in [0.717, 1.165) is 0 Å². The molecule has 0 amide bonds. The fourth-order valence-corrected chi connectivity index (χ4v) is 1.52. The van der Waals surface area contributed by atoms with Crippen LogP contribution < -0.4 is 16.6 Å². The van der Waals surface area contributed by atoms with E-state index in [1.165, 1.54) is 13.4 Å². The lowest BCUT2D eigenvalue weighted by Gasteiger charge is -2.10. The first kappa shape index (κ1) is 12.6. The van der Waals surface area contributed by atoms with Crippen LogP contribution in [0.3, 0.4) is 0 Å². The number of methoxy groups -OCH3 is 1. The van der Waals surface area contributed by atoms with Gasteiger partial charge in [0.15, 0.2) is 5.82 Å². The number of rotatable bonds is 3. The molecule has 0 fully saturated rings. The number of para-hydroxylation sites is 1. The maximum atomic E-state index is 11.6. The normalized spacial score (nSPS) is 9.95. The predicted octanol–water partition coefficient (Wildman–Crippen LogP) is 0.882. The number of carbonyl (C=O) groups excluding carboxylic acids is 1. The summed E-state index contributed by atoms with van der Waals surface area (Å²) in [4.78, 5) is 29.2. The van der Waals surface area contributed by atoms with E-state index in [0.29, 0.717) is 11.3 Å². The van der Waals surface area contributed by atoms with E-state index < -0.39 is 11.5 Å². The Hall–Kier alpha value is -2.83. The van der Waals surface area contributed by atoms with Crippen LogP contribution in [0.15, 0.2) is 35.4 Å². The molecule has 0 unspecified atom stereocenters. The maximum Gasteiger partial charge on any atom is 0.339 e. The lowest BCUT2D eigenvalue weighted by molar-refractivity contribution is 0.0602. The summed E-state index contributed by atoms with van der Waals surface area (Å²) < 4.78 is 4.67. The number of nitrogens with two attached hydrogens (primary N) is 1. The van der Waals surface area contributed by atoms with Gasteiger partial charge in [0.2, 0.25) is 0 Å². The van der Waals surface area contributed by atoms with Crippen LogP contribution in [0.2, 0.25) is 0 Å². The predicted molar refractivity (Wildman–Crippen MR) is 70.3 cm³/mol. The topological polar surface area (TPSA) is 110 Å². The van der Waals surface area contributed by atoms with E-state index in [1.807, 2.05) is 0 Å². The molecular weight excluding hydrogens is 248 g/mol. The number of hydrogen-bond acceptors (Lipinski definition) is 6. The fraction of sp³-hybridized carbons (Fsp3) is 0.0833.